The quantitative estimate of drug-likeness (QED) is 0.625. The summed E-state index contributed by atoms with van der Waals surface area (Å²) >= 11 is 0. The topological polar surface area (TPSA) is 91.1 Å². The summed E-state index contributed by atoms with van der Waals surface area (Å²) in [6.45, 7) is 6.50. The predicted octanol–water partition coefficient (Wildman–Crippen LogP) is 3.76. The molecule has 0 spiro atoms. The van der Waals surface area contributed by atoms with E-state index in [2.05, 4.69) is 0 Å². The molecule has 3 rings (SSSR count). The summed E-state index contributed by atoms with van der Waals surface area (Å²) in [4.78, 5) is 26.5. The Morgan fingerprint density at radius 3 is 2.59 bits per heavy atom. The number of nitrogens with zero attached hydrogens (tertiary/aromatic N) is 1. The van der Waals surface area contributed by atoms with Crippen molar-refractivity contribution < 1.29 is 23.8 Å². The lowest BCUT2D eigenvalue weighted by molar-refractivity contribution is 0.00703. The van der Waals surface area contributed by atoms with Crippen molar-refractivity contribution in [3.05, 3.63) is 59.2 Å². The second-order valence-electron chi connectivity index (χ2n) is 7.86. The van der Waals surface area contributed by atoms with Crippen LogP contribution in [0.25, 0.3) is 0 Å². The van der Waals surface area contributed by atoms with Crippen molar-refractivity contribution in [2.75, 3.05) is 18.9 Å². The fraction of sp³-hybridized carbons (Fsp3) is 0.364. The third kappa shape index (κ3) is 5.40. The molecule has 0 radical (unpaired) electrons. The Bertz CT molecular complexity index is 890. The number of anilines is 1. The zero-order valence-electron chi connectivity index (χ0n) is 16.9. The standard InChI is InChI=1S/C22H26N2O5/c1-22(2,3)29-20(25)17-12-19-16(11-18(17)23)13-24(9-10-27-19)21(26)28-14-15-7-5-4-6-8-15/h4-8,11-12H,9-10,13-14,23H2,1-3H3. The molecule has 0 bridgehead atoms. The van der Waals surface area contributed by atoms with Crippen LogP contribution in [0.1, 0.15) is 42.3 Å². The van der Waals surface area contributed by atoms with E-state index in [0.29, 0.717) is 17.9 Å². The first kappa shape index (κ1) is 20.5. The lowest BCUT2D eigenvalue weighted by atomic mass is 10.1. The normalized spacial score (nSPS) is 13.7. The van der Waals surface area contributed by atoms with E-state index >= 15 is 0 Å². The van der Waals surface area contributed by atoms with E-state index in [9.17, 15) is 9.59 Å². The fourth-order valence-corrected chi connectivity index (χ4v) is 2.93. The first-order valence-corrected chi connectivity index (χ1v) is 9.47. The smallest absolute Gasteiger partial charge is 0.410 e. The predicted molar refractivity (Wildman–Crippen MR) is 109 cm³/mol. The number of hydrogen-bond acceptors (Lipinski definition) is 6. The van der Waals surface area contributed by atoms with E-state index in [4.69, 9.17) is 19.9 Å². The number of carbonyl (C=O) groups is 2. The number of amides is 1. The van der Waals surface area contributed by atoms with Crippen LogP contribution >= 0.6 is 0 Å². The molecule has 7 heteroatoms. The molecular formula is C22H26N2O5. The van der Waals surface area contributed by atoms with E-state index in [1.165, 1.54) is 0 Å². The maximum absolute atomic E-state index is 12.5. The molecule has 2 N–H and O–H groups in total. The van der Waals surface area contributed by atoms with Gasteiger partial charge in [-0.15, -0.1) is 0 Å². The molecule has 0 atom stereocenters. The molecule has 154 valence electrons. The third-order valence-electron chi connectivity index (χ3n) is 4.29. The highest BCUT2D eigenvalue weighted by Gasteiger charge is 2.25. The van der Waals surface area contributed by atoms with Crippen LogP contribution in [0.4, 0.5) is 10.5 Å². The molecule has 0 fully saturated rings. The van der Waals surface area contributed by atoms with Gasteiger partial charge >= 0.3 is 12.1 Å². The first-order chi connectivity index (χ1) is 13.7. The number of benzene rings is 2. The summed E-state index contributed by atoms with van der Waals surface area (Å²) in [5, 5.41) is 0. The van der Waals surface area contributed by atoms with Crippen molar-refractivity contribution in [1.29, 1.82) is 0 Å². The zero-order valence-corrected chi connectivity index (χ0v) is 16.9. The Hall–Kier alpha value is -3.22. The van der Waals surface area contributed by atoms with Crippen LogP contribution in [0.5, 0.6) is 5.75 Å². The van der Waals surface area contributed by atoms with Crippen LogP contribution in [0.3, 0.4) is 0 Å². The van der Waals surface area contributed by atoms with E-state index in [-0.39, 0.29) is 31.0 Å². The van der Waals surface area contributed by atoms with Crippen molar-refractivity contribution in [2.24, 2.45) is 0 Å². The number of ether oxygens (including phenoxy) is 3. The Morgan fingerprint density at radius 2 is 1.90 bits per heavy atom. The summed E-state index contributed by atoms with van der Waals surface area (Å²) in [5.41, 5.74) is 7.61. The molecule has 1 amide bonds. The molecule has 0 saturated heterocycles. The van der Waals surface area contributed by atoms with E-state index in [1.54, 1.807) is 37.8 Å². The molecule has 2 aromatic rings. The minimum atomic E-state index is -0.628. The molecular weight excluding hydrogens is 372 g/mol. The van der Waals surface area contributed by atoms with Gasteiger partial charge in [0.15, 0.2) is 0 Å². The summed E-state index contributed by atoms with van der Waals surface area (Å²) in [6, 6.07) is 12.7. The molecule has 0 unspecified atom stereocenters. The van der Waals surface area contributed by atoms with Crippen LogP contribution in [0.15, 0.2) is 42.5 Å². The van der Waals surface area contributed by atoms with Crippen molar-refractivity contribution in [1.82, 2.24) is 4.90 Å². The molecule has 1 aliphatic heterocycles. The maximum atomic E-state index is 12.5. The van der Waals surface area contributed by atoms with E-state index in [1.807, 2.05) is 30.3 Å². The molecule has 29 heavy (non-hydrogen) atoms. The molecule has 1 heterocycles. The molecule has 1 aliphatic rings. The van der Waals surface area contributed by atoms with Gasteiger partial charge in [-0.1, -0.05) is 30.3 Å². The van der Waals surface area contributed by atoms with Gasteiger partial charge in [-0.2, -0.15) is 0 Å². The number of hydrogen-bond donors (Lipinski definition) is 1. The van der Waals surface area contributed by atoms with Gasteiger partial charge in [-0.3, -0.25) is 0 Å². The number of rotatable bonds is 3. The van der Waals surface area contributed by atoms with Gasteiger partial charge in [-0.05, 0) is 38.5 Å². The highest BCUT2D eigenvalue weighted by atomic mass is 16.6. The van der Waals surface area contributed by atoms with E-state index < -0.39 is 17.7 Å². The molecule has 2 aromatic carbocycles. The Kier molecular flexibility index (Phi) is 5.96. The van der Waals surface area contributed by atoms with E-state index in [0.717, 1.165) is 5.56 Å². The molecule has 7 nitrogen and oxygen atoms in total. The summed E-state index contributed by atoms with van der Waals surface area (Å²) in [7, 11) is 0. The summed E-state index contributed by atoms with van der Waals surface area (Å²) in [6.07, 6.45) is -0.430. The number of nitrogens with two attached hydrogens (primary N) is 1. The highest BCUT2D eigenvalue weighted by Crippen LogP contribution is 2.30. The average molecular weight is 398 g/mol. The molecule has 0 aromatic heterocycles. The highest BCUT2D eigenvalue weighted by molar-refractivity contribution is 5.96. The molecule has 0 aliphatic carbocycles. The van der Waals surface area contributed by atoms with Crippen molar-refractivity contribution in [2.45, 2.75) is 39.5 Å². The van der Waals surface area contributed by atoms with Crippen molar-refractivity contribution >= 4 is 17.7 Å². The van der Waals surface area contributed by atoms with Gasteiger partial charge in [0.2, 0.25) is 0 Å². The largest absolute Gasteiger partial charge is 0.491 e. The first-order valence-electron chi connectivity index (χ1n) is 9.47. The number of nitrogen functional groups attached to an aromatic ring is 1. The van der Waals surface area contributed by atoms with Gasteiger partial charge in [0.25, 0.3) is 0 Å². The van der Waals surface area contributed by atoms with Crippen LogP contribution < -0.4 is 10.5 Å². The second-order valence-corrected chi connectivity index (χ2v) is 7.86. The minimum absolute atomic E-state index is 0.198. The number of esters is 1. The van der Waals surface area contributed by atoms with Gasteiger partial charge in [0.1, 0.15) is 24.6 Å². The fourth-order valence-electron chi connectivity index (χ4n) is 2.93. The van der Waals surface area contributed by atoms with Crippen molar-refractivity contribution in [3.63, 3.8) is 0 Å². The summed E-state index contributed by atoms with van der Waals surface area (Å²) in [5.74, 6) is 0.00296. The van der Waals surface area contributed by atoms with Crippen LogP contribution in [-0.4, -0.2) is 35.7 Å². The Labute approximate surface area is 170 Å². The van der Waals surface area contributed by atoms with Crippen LogP contribution in [0, 0.1) is 0 Å². The van der Waals surface area contributed by atoms with Crippen molar-refractivity contribution in [3.8, 4) is 5.75 Å². The average Bonchev–Trinajstić information content (AvgIpc) is 2.86. The monoisotopic (exact) mass is 398 g/mol. The van der Waals surface area contributed by atoms with Gasteiger partial charge in [0.05, 0.1) is 18.7 Å². The second kappa shape index (κ2) is 8.43. The third-order valence-corrected chi connectivity index (χ3v) is 4.29. The Morgan fingerprint density at radius 1 is 1.17 bits per heavy atom. The Balaban J connectivity index is 1.72. The maximum Gasteiger partial charge on any atom is 0.410 e. The van der Waals surface area contributed by atoms with Gasteiger partial charge in [0, 0.05) is 11.3 Å². The lowest BCUT2D eigenvalue weighted by Crippen LogP contribution is -2.32. The zero-order chi connectivity index (χ0) is 21.0. The van der Waals surface area contributed by atoms with Gasteiger partial charge in [-0.25, -0.2) is 9.59 Å². The summed E-state index contributed by atoms with van der Waals surface area (Å²) < 4.78 is 16.6. The SMILES string of the molecule is CC(C)(C)OC(=O)c1cc2c(cc1N)CN(C(=O)OCc1ccccc1)CCO2. The van der Waals surface area contributed by atoms with Crippen LogP contribution in [0.2, 0.25) is 0 Å². The molecule has 0 saturated carbocycles. The van der Waals surface area contributed by atoms with Gasteiger partial charge < -0.3 is 24.8 Å². The lowest BCUT2D eigenvalue weighted by Gasteiger charge is -2.21. The number of carbonyl (C=O) groups excluding carboxylic acids is 2. The minimum Gasteiger partial charge on any atom is -0.491 e. The number of fused-ring (bicyclic) bond motifs is 1. The van der Waals surface area contributed by atoms with Crippen LogP contribution in [-0.2, 0) is 22.6 Å².